The molecule has 0 aliphatic heterocycles. The van der Waals surface area contributed by atoms with Crippen molar-refractivity contribution in [2.45, 2.75) is 0 Å². The Morgan fingerprint density at radius 3 is 2.04 bits per heavy atom. The van der Waals surface area contributed by atoms with Gasteiger partial charge >= 0.3 is 0 Å². The highest BCUT2D eigenvalue weighted by Gasteiger charge is 2.08. The van der Waals surface area contributed by atoms with E-state index in [-0.39, 0.29) is 0 Å². The molecule has 5 rings (SSSR count). The molecule has 23 heavy (non-hydrogen) atoms. The zero-order chi connectivity index (χ0) is 15.2. The summed E-state index contributed by atoms with van der Waals surface area (Å²) in [5.41, 5.74) is 3.64. The quantitative estimate of drug-likeness (QED) is 0.382. The first-order valence-electron chi connectivity index (χ1n) is 7.89. The van der Waals surface area contributed by atoms with E-state index in [9.17, 15) is 0 Å². The van der Waals surface area contributed by atoms with Crippen LogP contribution in [-0.4, -0.2) is 4.98 Å². The predicted octanol–water partition coefficient (Wildman–Crippen LogP) is 6.14. The van der Waals surface area contributed by atoms with Crippen LogP contribution in [0.1, 0.15) is 0 Å². The number of aromatic nitrogens is 1. The van der Waals surface area contributed by atoms with E-state index < -0.39 is 0 Å². The Labute approximate surface area is 134 Å². The van der Waals surface area contributed by atoms with E-state index in [0.717, 1.165) is 0 Å². The van der Waals surface area contributed by atoms with Crippen LogP contribution in [0.5, 0.6) is 0 Å². The molecule has 1 heterocycles. The first-order valence-corrected chi connectivity index (χ1v) is 7.89. The van der Waals surface area contributed by atoms with E-state index in [1.54, 1.807) is 0 Å². The maximum atomic E-state index is 3.65. The summed E-state index contributed by atoms with van der Waals surface area (Å²) in [7, 11) is 0. The SMILES string of the molecule is c1ccc2c(-c3cc4ccc5ccccc5c4[nH]3)cccc2c1. The Hall–Kier alpha value is -3.06. The first-order chi connectivity index (χ1) is 11.4. The van der Waals surface area contributed by atoms with Crippen LogP contribution < -0.4 is 0 Å². The smallest absolute Gasteiger partial charge is 0.0538 e. The Bertz CT molecular complexity index is 1160. The summed E-state index contributed by atoms with van der Waals surface area (Å²) in [5, 5.41) is 6.36. The second kappa shape index (κ2) is 4.72. The fourth-order valence-corrected chi connectivity index (χ4v) is 3.48. The molecule has 0 atom stereocenters. The number of benzene rings is 4. The fourth-order valence-electron chi connectivity index (χ4n) is 3.48. The number of fused-ring (bicyclic) bond motifs is 4. The molecular weight excluding hydrogens is 278 g/mol. The molecule has 1 heteroatoms. The van der Waals surface area contributed by atoms with Crippen LogP contribution in [0.2, 0.25) is 0 Å². The van der Waals surface area contributed by atoms with Gasteiger partial charge in [-0.1, -0.05) is 78.9 Å². The number of aromatic amines is 1. The monoisotopic (exact) mass is 293 g/mol. The molecule has 1 aromatic heterocycles. The second-order valence-corrected chi connectivity index (χ2v) is 5.96. The van der Waals surface area contributed by atoms with Crippen LogP contribution in [0, 0.1) is 0 Å². The molecule has 0 amide bonds. The lowest BCUT2D eigenvalue weighted by molar-refractivity contribution is 1.48. The average Bonchev–Trinajstić information content (AvgIpc) is 3.06. The van der Waals surface area contributed by atoms with Crippen molar-refractivity contribution in [3.8, 4) is 11.3 Å². The summed E-state index contributed by atoms with van der Waals surface area (Å²) in [6, 6.07) is 30.2. The standard InChI is InChI=1S/C22H15N/c1-3-9-18-15(6-1)8-5-11-20(18)21-14-17-13-12-16-7-2-4-10-19(16)22(17)23-21/h1-14,23H. The normalized spacial score (nSPS) is 11.5. The zero-order valence-electron chi connectivity index (χ0n) is 12.6. The van der Waals surface area contributed by atoms with Crippen LogP contribution in [0.25, 0.3) is 43.7 Å². The van der Waals surface area contributed by atoms with Gasteiger partial charge in [-0.25, -0.2) is 0 Å². The Morgan fingerprint density at radius 1 is 0.522 bits per heavy atom. The molecule has 1 N–H and O–H groups in total. The van der Waals surface area contributed by atoms with Gasteiger partial charge in [-0.05, 0) is 22.2 Å². The van der Waals surface area contributed by atoms with Crippen molar-refractivity contribution >= 4 is 32.4 Å². The van der Waals surface area contributed by atoms with Gasteiger partial charge in [0.25, 0.3) is 0 Å². The number of hydrogen-bond acceptors (Lipinski definition) is 0. The maximum absolute atomic E-state index is 3.65. The van der Waals surface area contributed by atoms with Gasteiger partial charge < -0.3 is 4.98 Å². The summed E-state index contributed by atoms with van der Waals surface area (Å²) in [4.78, 5) is 3.65. The van der Waals surface area contributed by atoms with Crippen molar-refractivity contribution in [2.75, 3.05) is 0 Å². The Kier molecular flexibility index (Phi) is 2.56. The van der Waals surface area contributed by atoms with Crippen LogP contribution in [-0.2, 0) is 0 Å². The topological polar surface area (TPSA) is 15.8 Å². The largest absolute Gasteiger partial charge is 0.354 e. The zero-order valence-corrected chi connectivity index (χ0v) is 12.6. The fraction of sp³-hybridized carbons (Fsp3) is 0. The molecule has 0 saturated carbocycles. The van der Waals surface area contributed by atoms with Crippen molar-refractivity contribution in [1.29, 1.82) is 0 Å². The van der Waals surface area contributed by atoms with Gasteiger partial charge in [0.15, 0.2) is 0 Å². The van der Waals surface area contributed by atoms with Gasteiger partial charge in [-0.3, -0.25) is 0 Å². The van der Waals surface area contributed by atoms with Crippen molar-refractivity contribution < 1.29 is 0 Å². The Morgan fingerprint density at radius 2 is 1.17 bits per heavy atom. The molecular formula is C22H15N. The third-order valence-corrected chi connectivity index (χ3v) is 4.60. The average molecular weight is 293 g/mol. The van der Waals surface area contributed by atoms with Crippen molar-refractivity contribution in [3.05, 3.63) is 84.9 Å². The first kappa shape index (κ1) is 12.5. The van der Waals surface area contributed by atoms with Crippen LogP contribution >= 0.6 is 0 Å². The van der Waals surface area contributed by atoms with Crippen LogP contribution in [0.15, 0.2) is 84.9 Å². The molecule has 0 saturated heterocycles. The predicted molar refractivity (Wildman–Crippen MR) is 98.7 cm³/mol. The molecule has 4 aromatic carbocycles. The van der Waals surface area contributed by atoms with Gasteiger partial charge in [0.2, 0.25) is 0 Å². The molecule has 0 radical (unpaired) electrons. The highest BCUT2D eigenvalue weighted by Crippen LogP contribution is 2.33. The van der Waals surface area contributed by atoms with E-state index >= 15 is 0 Å². The molecule has 5 aromatic rings. The minimum Gasteiger partial charge on any atom is -0.354 e. The summed E-state index contributed by atoms with van der Waals surface area (Å²) in [6.45, 7) is 0. The van der Waals surface area contributed by atoms with Gasteiger partial charge in [0.05, 0.1) is 5.52 Å². The minimum absolute atomic E-state index is 1.17. The number of nitrogens with one attached hydrogen (secondary N) is 1. The molecule has 0 bridgehead atoms. The van der Waals surface area contributed by atoms with Crippen LogP contribution in [0.3, 0.4) is 0 Å². The lowest BCUT2D eigenvalue weighted by atomic mass is 10.0. The number of H-pyrrole nitrogens is 1. The lowest BCUT2D eigenvalue weighted by Gasteiger charge is -2.04. The maximum Gasteiger partial charge on any atom is 0.0538 e. The van der Waals surface area contributed by atoms with Gasteiger partial charge in [0, 0.05) is 22.0 Å². The van der Waals surface area contributed by atoms with E-state index in [1.165, 1.54) is 43.7 Å². The van der Waals surface area contributed by atoms with E-state index in [1.807, 2.05) is 0 Å². The molecule has 1 nitrogen and oxygen atoms in total. The number of rotatable bonds is 1. The lowest BCUT2D eigenvalue weighted by Crippen LogP contribution is -1.81. The minimum atomic E-state index is 1.17. The third-order valence-electron chi connectivity index (χ3n) is 4.60. The van der Waals surface area contributed by atoms with Crippen molar-refractivity contribution in [1.82, 2.24) is 4.98 Å². The van der Waals surface area contributed by atoms with Crippen LogP contribution in [0.4, 0.5) is 0 Å². The van der Waals surface area contributed by atoms with E-state index in [2.05, 4.69) is 89.9 Å². The van der Waals surface area contributed by atoms with Gasteiger partial charge in [0.1, 0.15) is 0 Å². The van der Waals surface area contributed by atoms with E-state index in [4.69, 9.17) is 0 Å². The highest BCUT2D eigenvalue weighted by molar-refractivity contribution is 6.08. The summed E-state index contributed by atoms with van der Waals surface area (Å²) >= 11 is 0. The van der Waals surface area contributed by atoms with Crippen molar-refractivity contribution in [3.63, 3.8) is 0 Å². The molecule has 108 valence electrons. The van der Waals surface area contributed by atoms with Crippen molar-refractivity contribution in [2.24, 2.45) is 0 Å². The summed E-state index contributed by atoms with van der Waals surface area (Å²) < 4.78 is 0. The molecule has 0 spiro atoms. The molecule has 0 unspecified atom stereocenters. The highest BCUT2D eigenvalue weighted by atomic mass is 14.7. The molecule has 0 aliphatic carbocycles. The Balaban J connectivity index is 1.84. The van der Waals surface area contributed by atoms with Gasteiger partial charge in [-0.2, -0.15) is 0 Å². The molecule has 0 aliphatic rings. The second-order valence-electron chi connectivity index (χ2n) is 5.96. The molecule has 0 fully saturated rings. The summed E-state index contributed by atoms with van der Waals surface area (Å²) in [6.07, 6.45) is 0. The van der Waals surface area contributed by atoms with Gasteiger partial charge in [-0.15, -0.1) is 0 Å². The van der Waals surface area contributed by atoms with E-state index in [0.29, 0.717) is 0 Å². The number of hydrogen-bond donors (Lipinski definition) is 1. The third kappa shape index (κ3) is 1.87. The summed E-state index contributed by atoms with van der Waals surface area (Å²) in [5.74, 6) is 0.